The predicted octanol–water partition coefficient (Wildman–Crippen LogP) is 2.60. The Labute approximate surface area is 175 Å². The molecule has 1 amide bonds. The lowest BCUT2D eigenvalue weighted by molar-refractivity contribution is 0.0710. The molecule has 1 saturated heterocycles. The first-order chi connectivity index (χ1) is 14.2. The summed E-state index contributed by atoms with van der Waals surface area (Å²) in [4.78, 5) is 30.5. The molecule has 0 unspecified atom stereocenters. The van der Waals surface area contributed by atoms with Crippen molar-refractivity contribution in [3.05, 3.63) is 53.7 Å². The monoisotopic (exact) mass is 429 g/mol. The fraction of sp³-hybridized carbons (Fsp3) is 0.211. The van der Waals surface area contributed by atoms with Crippen molar-refractivity contribution in [2.45, 2.75) is 4.90 Å². The first kappa shape index (κ1) is 19.6. The van der Waals surface area contributed by atoms with Crippen LogP contribution in [0.5, 0.6) is 0 Å². The van der Waals surface area contributed by atoms with Crippen molar-refractivity contribution in [1.29, 1.82) is 0 Å². The van der Waals surface area contributed by atoms with Crippen molar-refractivity contribution < 1.29 is 14.8 Å². The molecule has 4 rings (SSSR count). The number of hydroxylamine groups is 1. The van der Waals surface area contributed by atoms with Gasteiger partial charge in [0.2, 0.25) is 6.41 Å². The van der Waals surface area contributed by atoms with Crippen LogP contribution >= 0.6 is 23.3 Å². The van der Waals surface area contributed by atoms with E-state index >= 15 is 0 Å². The molecular weight excluding hydrogens is 410 g/mol. The van der Waals surface area contributed by atoms with Crippen molar-refractivity contribution >= 4 is 40.7 Å². The van der Waals surface area contributed by atoms with Gasteiger partial charge in [0.15, 0.2) is 5.13 Å². The standard InChI is InChI=1S/C19H19N5O3S2/c25-13-23-7-1-2-16(23)14-3-5-15(6-4-14)29-24-10-8-22(9-11-24)19-20-12-17(28-19)18(26)21-27/h1-7,12-13,27H,8-11H2,(H,21,26). The van der Waals surface area contributed by atoms with E-state index in [4.69, 9.17) is 5.21 Å². The Morgan fingerprint density at radius 3 is 2.62 bits per heavy atom. The van der Waals surface area contributed by atoms with E-state index in [1.54, 1.807) is 28.2 Å². The Balaban J connectivity index is 1.33. The molecular formula is C19H19N5O3S2. The summed E-state index contributed by atoms with van der Waals surface area (Å²) in [6.45, 7) is 3.35. The van der Waals surface area contributed by atoms with Crippen LogP contribution in [0.15, 0.2) is 53.7 Å². The van der Waals surface area contributed by atoms with Gasteiger partial charge in [-0.2, -0.15) is 0 Å². The Hall–Kier alpha value is -2.66. The van der Waals surface area contributed by atoms with E-state index in [-0.39, 0.29) is 0 Å². The topological polar surface area (TPSA) is 90.7 Å². The van der Waals surface area contributed by atoms with Gasteiger partial charge in [-0.1, -0.05) is 23.5 Å². The minimum atomic E-state index is -0.535. The second-order valence-electron chi connectivity index (χ2n) is 6.39. The zero-order chi connectivity index (χ0) is 20.2. The van der Waals surface area contributed by atoms with Gasteiger partial charge in [-0.15, -0.1) is 0 Å². The highest BCUT2D eigenvalue weighted by Crippen LogP contribution is 2.29. The molecule has 1 aliphatic rings. The number of hydrogen-bond donors (Lipinski definition) is 2. The highest BCUT2D eigenvalue weighted by Gasteiger charge is 2.21. The van der Waals surface area contributed by atoms with Gasteiger partial charge in [-0.3, -0.25) is 19.4 Å². The number of hydrogen-bond acceptors (Lipinski definition) is 8. The third kappa shape index (κ3) is 4.35. The number of rotatable bonds is 6. The van der Waals surface area contributed by atoms with Crippen LogP contribution in [0.2, 0.25) is 0 Å². The van der Waals surface area contributed by atoms with Gasteiger partial charge in [0.1, 0.15) is 4.88 Å². The molecule has 0 spiro atoms. The number of carbonyl (C=O) groups excluding carboxylic acids is 2. The molecule has 0 radical (unpaired) electrons. The van der Waals surface area contributed by atoms with E-state index < -0.39 is 5.91 Å². The molecule has 2 N–H and O–H groups in total. The van der Waals surface area contributed by atoms with E-state index in [0.29, 0.717) is 4.88 Å². The number of thiazole rings is 1. The van der Waals surface area contributed by atoms with Gasteiger partial charge >= 0.3 is 0 Å². The van der Waals surface area contributed by atoms with Crippen LogP contribution in [0, 0.1) is 0 Å². The molecule has 3 heterocycles. The fourth-order valence-electron chi connectivity index (χ4n) is 3.11. The summed E-state index contributed by atoms with van der Waals surface area (Å²) in [7, 11) is 0. The van der Waals surface area contributed by atoms with E-state index in [9.17, 15) is 9.59 Å². The van der Waals surface area contributed by atoms with E-state index in [0.717, 1.165) is 53.9 Å². The average molecular weight is 430 g/mol. The van der Waals surface area contributed by atoms with E-state index in [2.05, 4.69) is 26.3 Å². The highest BCUT2D eigenvalue weighted by atomic mass is 32.2. The van der Waals surface area contributed by atoms with Gasteiger partial charge in [0.25, 0.3) is 5.91 Å². The van der Waals surface area contributed by atoms with E-state index in [1.807, 2.05) is 24.3 Å². The van der Waals surface area contributed by atoms with Gasteiger partial charge in [-0.25, -0.2) is 14.8 Å². The number of benzene rings is 1. The normalized spacial score (nSPS) is 14.7. The van der Waals surface area contributed by atoms with Crippen molar-refractivity contribution in [1.82, 2.24) is 19.3 Å². The third-order valence-electron chi connectivity index (χ3n) is 4.61. The molecule has 10 heteroatoms. The number of nitrogens with one attached hydrogen (secondary N) is 1. The van der Waals surface area contributed by atoms with Gasteiger partial charge in [-0.05, 0) is 41.8 Å². The molecule has 2 aromatic heterocycles. The lowest BCUT2D eigenvalue weighted by Gasteiger charge is -2.33. The molecule has 1 fully saturated rings. The van der Waals surface area contributed by atoms with E-state index in [1.165, 1.54) is 17.5 Å². The number of carbonyl (C=O) groups is 2. The van der Waals surface area contributed by atoms with Crippen LogP contribution in [0.1, 0.15) is 9.67 Å². The molecule has 3 aromatic rings. The smallest absolute Gasteiger partial charge is 0.286 e. The summed E-state index contributed by atoms with van der Waals surface area (Å²) in [5.74, 6) is -0.535. The van der Waals surface area contributed by atoms with Crippen LogP contribution in [-0.2, 0) is 4.79 Å². The number of anilines is 1. The second kappa shape index (κ2) is 8.78. The Morgan fingerprint density at radius 1 is 1.17 bits per heavy atom. The molecule has 0 bridgehead atoms. The van der Waals surface area contributed by atoms with Crippen LogP contribution in [-0.4, -0.2) is 57.6 Å². The molecule has 0 atom stereocenters. The van der Waals surface area contributed by atoms with Crippen molar-refractivity contribution in [3.63, 3.8) is 0 Å². The quantitative estimate of drug-likeness (QED) is 0.269. The maximum atomic E-state index is 11.5. The molecule has 150 valence electrons. The van der Waals surface area contributed by atoms with Gasteiger partial charge in [0, 0.05) is 37.3 Å². The number of amides is 1. The van der Waals surface area contributed by atoms with Gasteiger partial charge < -0.3 is 4.90 Å². The van der Waals surface area contributed by atoms with Crippen molar-refractivity contribution in [2.24, 2.45) is 0 Å². The third-order valence-corrected chi connectivity index (χ3v) is 6.77. The molecule has 8 nitrogen and oxygen atoms in total. The SMILES string of the molecule is O=Cn1cccc1-c1ccc(SN2CCN(c3ncc(C(=O)NO)s3)CC2)cc1. The van der Waals surface area contributed by atoms with Crippen LogP contribution in [0.3, 0.4) is 0 Å². The zero-order valence-corrected chi connectivity index (χ0v) is 17.0. The summed E-state index contributed by atoms with van der Waals surface area (Å²) in [5, 5.41) is 9.51. The summed E-state index contributed by atoms with van der Waals surface area (Å²) in [5.41, 5.74) is 3.51. The minimum absolute atomic E-state index is 0.389. The number of piperazine rings is 1. The minimum Gasteiger partial charge on any atom is -0.345 e. The van der Waals surface area contributed by atoms with Crippen molar-refractivity contribution in [3.8, 4) is 11.3 Å². The number of aromatic nitrogens is 2. The largest absolute Gasteiger partial charge is 0.345 e. The number of nitrogens with zero attached hydrogens (tertiary/aromatic N) is 4. The summed E-state index contributed by atoms with van der Waals surface area (Å²) in [6.07, 6.45) is 4.03. The molecule has 1 aliphatic heterocycles. The maximum absolute atomic E-state index is 11.5. The lowest BCUT2D eigenvalue weighted by atomic mass is 10.1. The molecule has 0 saturated carbocycles. The predicted molar refractivity (Wildman–Crippen MR) is 113 cm³/mol. The fourth-order valence-corrected chi connectivity index (χ4v) is 4.87. The summed E-state index contributed by atoms with van der Waals surface area (Å²) < 4.78 is 3.87. The van der Waals surface area contributed by atoms with Crippen LogP contribution < -0.4 is 10.4 Å². The van der Waals surface area contributed by atoms with Crippen LogP contribution in [0.4, 0.5) is 5.13 Å². The van der Waals surface area contributed by atoms with Gasteiger partial charge in [0.05, 0.1) is 11.9 Å². The summed E-state index contributed by atoms with van der Waals surface area (Å²) >= 11 is 2.98. The zero-order valence-electron chi connectivity index (χ0n) is 15.4. The highest BCUT2D eigenvalue weighted by molar-refractivity contribution is 7.97. The average Bonchev–Trinajstić information content (AvgIpc) is 3.44. The first-order valence-corrected chi connectivity index (χ1v) is 10.6. The molecule has 29 heavy (non-hydrogen) atoms. The molecule has 1 aromatic carbocycles. The Kier molecular flexibility index (Phi) is 5.95. The maximum Gasteiger partial charge on any atom is 0.286 e. The summed E-state index contributed by atoms with van der Waals surface area (Å²) in [6, 6.07) is 12.0. The second-order valence-corrected chi connectivity index (χ2v) is 8.57. The van der Waals surface area contributed by atoms with Crippen molar-refractivity contribution in [2.75, 3.05) is 31.1 Å². The van der Waals surface area contributed by atoms with Crippen LogP contribution in [0.25, 0.3) is 11.3 Å². The molecule has 0 aliphatic carbocycles. The Morgan fingerprint density at radius 2 is 1.93 bits per heavy atom. The Bertz CT molecular complexity index is 993. The first-order valence-electron chi connectivity index (χ1n) is 8.98. The lowest BCUT2D eigenvalue weighted by Crippen LogP contribution is -2.43.